The number of likely N-dealkylation sites (tertiary alicyclic amines) is 1. The van der Waals surface area contributed by atoms with Gasteiger partial charge in [-0.15, -0.1) is 12.4 Å². The highest BCUT2D eigenvalue weighted by Gasteiger charge is 2.26. The molecule has 0 bridgehead atoms. The zero-order valence-electron chi connectivity index (χ0n) is 15.9. The van der Waals surface area contributed by atoms with Crippen LogP contribution in [0.4, 0.5) is 0 Å². The molecular formula is C20H30ClN3O3. The smallest absolute Gasteiger partial charge is 0.260 e. The molecule has 2 unspecified atom stereocenters. The van der Waals surface area contributed by atoms with Gasteiger partial charge in [0, 0.05) is 19.6 Å². The van der Waals surface area contributed by atoms with Gasteiger partial charge in [-0.05, 0) is 62.8 Å². The molecule has 2 aliphatic heterocycles. The first kappa shape index (κ1) is 21.5. The van der Waals surface area contributed by atoms with Gasteiger partial charge >= 0.3 is 0 Å². The van der Waals surface area contributed by atoms with Crippen molar-refractivity contribution in [1.29, 1.82) is 0 Å². The van der Waals surface area contributed by atoms with Crippen molar-refractivity contribution in [2.45, 2.75) is 38.6 Å². The SMILES string of the molecule is Cc1cccc(OCC(=O)N2CCCC(CNC(=O)C3CCCN3)C2)c1.Cl. The Kier molecular flexibility index (Phi) is 8.38. The lowest BCUT2D eigenvalue weighted by molar-refractivity contribution is -0.135. The first-order valence-electron chi connectivity index (χ1n) is 9.60. The van der Waals surface area contributed by atoms with Crippen molar-refractivity contribution in [3.8, 4) is 5.75 Å². The van der Waals surface area contributed by atoms with E-state index in [1.54, 1.807) is 0 Å². The molecule has 27 heavy (non-hydrogen) atoms. The second-order valence-corrected chi connectivity index (χ2v) is 7.35. The monoisotopic (exact) mass is 395 g/mol. The Morgan fingerprint density at radius 2 is 2.15 bits per heavy atom. The molecule has 2 saturated heterocycles. The number of piperidine rings is 1. The van der Waals surface area contributed by atoms with Crippen LogP contribution in [0.2, 0.25) is 0 Å². The third kappa shape index (κ3) is 6.40. The van der Waals surface area contributed by atoms with Gasteiger partial charge in [-0.2, -0.15) is 0 Å². The van der Waals surface area contributed by atoms with Crippen molar-refractivity contribution in [2.24, 2.45) is 5.92 Å². The van der Waals surface area contributed by atoms with Crippen molar-refractivity contribution < 1.29 is 14.3 Å². The number of hydrogen-bond donors (Lipinski definition) is 2. The fraction of sp³-hybridized carbons (Fsp3) is 0.600. The summed E-state index contributed by atoms with van der Waals surface area (Å²) < 4.78 is 5.63. The van der Waals surface area contributed by atoms with Crippen LogP contribution in [0.1, 0.15) is 31.2 Å². The molecule has 1 aromatic carbocycles. The van der Waals surface area contributed by atoms with Crippen LogP contribution < -0.4 is 15.4 Å². The van der Waals surface area contributed by atoms with Crippen molar-refractivity contribution in [1.82, 2.24) is 15.5 Å². The first-order valence-corrected chi connectivity index (χ1v) is 9.60. The highest BCUT2D eigenvalue weighted by Crippen LogP contribution is 2.17. The van der Waals surface area contributed by atoms with Gasteiger partial charge in [-0.1, -0.05) is 12.1 Å². The minimum absolute atomic E-state index is 0. The average Bonchev–Trinajstić information content (AvgIpc) is 3.19. The minimum Gasteiger partial charge on any atom is -0.484 e. The standard InChI is InChI=1S/C20H29N3O3.ClH/c1-15-5-2-7-17(11-15)26-14-19(24)23-10-4-6-16(13-23)12-22-20(25)18-8-3-9-21-18;/h2,5,7,11,16,18,21H,3-4,6,8-10,12-14H2,1H3,(H,22,25);1H. The zero-order chi connectivity index (χ0) is 18.4. The van der Waals surface area contributed by atoms with Gasteiger partial charge in [0.15, 0.2) is 6.61 Å². The molecule has 2 aliphatic rings. The number of aryl methyl sites for hydroxylation is 1. The second kappa shape index (κ2) is 10.5. The number of hydrogen-bond acceptors (Lipinski definition) is 4. The Morgan fingerprint density at radius 3 is 2.89 bits per heavy atom. The van der Waals surface area contributed by atoms with E-state index < -0.39 is 0 Å². The number of halogens is 1. The van der Waals surface area contributed by atoms with E-state index in [2.05, 4.69) is 10.6 Å². The van der Waals surface area contributed by atoms with E-state index in [1.807, 2.05) is 36.1 Å². The molecule has 0 aromatic heterocycles. The lowest BCUT2D eigenvalue weighted by Crippen LogP contribution is -2.47. The molecule has 2 atom stereocenters. The number of carbonyl (C=O) groups is 2. The van der Waals surface area contributed by atoms with Crippen molar-refractivity contribution >= 4 is 24.2 Å². The van der Waals surface area contributed by atoms with Crippen LogP contribution in [0, 0.1) is 12.8 Å². The summed E-state index contributed by atoms with van der Waals surface area (Å²) >= 11 is 0. The summed E-state index contributed by atoms with van der Waals surface area (Å²) in [6.07, 6.45) is 3.99. The number of ether oxygens (including phenoxy) is 1. The third-order valence-electron chi connectivity index (χ3n) is 5.17. The van der Waals surface area contributed by atoms with Crippen LogP contribution in [0.3, 0.4) is 0 Å². The Bertz CT molecular complexity index is 635. The maximum absolute atomic E-state index is 12.5. The fourth-order valence-corrected chi connectivity index (χ4v) is 3.68. The van der Waals surface area contributed by atoms with Crippen LogP contribution in [-0.4, -0.2) is 55.5 Å². The Morgan fingerprint density at radius 1 is 1.30 bits per heavy atom. The van der Waals surface area contributed by atoms with E-state index in [4.69, 9.17) is 4.74 Å². The number of amides is 2. The Hall–Kier alpha value is -1.79. The maximum Gasteiger partial charge on any atom is 0.260 e. The quantitative estimate of drug-likeness (QED) is 0.771. The van der Waals surface area contributed by atoms with E-state index in [9.17, 15) is 9.59 Å². The molecule has 3 rings (SSSR count). The van der Waals surface area contributed by atoms with Gasteiger partial charge in [0.25, 0.3) is 5.91 Å². The predicted molar refractivity (Wildman–Crippen MR) is 107 cm³/mol. The van der Waals surface area contributed by atoms with Crippen LogP contribution in [-0.2, 0) is 9.59 Å². The van der Waals surface area contributed by atoms with Crippen molar-refractivity contribution in [2.75, 3.05) is 32.8 Å². The highest BCUT2D eigenvalue weighted by atomic mass is 35.5. The van der Waals surface area contributed by atoms with E-state index in [-0.39, 0.29) is 36.9 Å². The maximum atomic E-state index is 12.5. The largest absolute Gasteiger partial charge is 0.484 e. The van der Waals surface area contributed by atoms with Gasteiger partial charge in [0.1, 0.15) is 5.75 Å². The van der Waals surface area contributed by atoms with E-state index in [0.29, 0.717) is 19.0 Å². The zero-order valence-corrected chi connectivity index (χ0v) is 16.7. The molecule has 0 saturated carbocycles. The summed E-state index contributed by atoms with van der Waals surface area (Å²) in [6, 6.07) is 7.68. The second-order valence-electron chi connectivity index (χ2n) is 7.35. The third-order valence-corrected chi connectivity index (χ3v) is 5.17. The van der Waals surface area contributed by atoms with Crippen LogP contribution in [0.5, 0.6) is 5.75 Å². The van der Waals surface area contributed by atoms with E-state index in [1.165, 1.54) is 0 Å². The molecule has 2 heterocycles. The summed E-state index contributed by atoms with van der Waals surface area (Å²) in [5.41, 5.74) is 1.11. The molecule has 2 N–H and O–H groups in total. The summed E-state index contributed by atoms with van der Waals surface area (Å²) in [7, 11) is 0. The molecule has 2 fully saturated rings. The number of nitrogens with zero attached hydrogens (tertiary/aromatic N) is 1. The average molecular weight is 396 g/mol. The highest BCUT2D eigenvalue weighted by molar-refractivity contribution is 5.85. The van der Waals surface area contributed by atoms with Gasteiger partial charge in [-0.3, -0.25) is 9.59 Å². The Labute approximate surface area is 167 Å². The van der Waals surface area contributed by atoms with Gasteiger partial charge < -0.3 is 20.3 Å². The van der Waals surface area contributed by atoms with Gasteiger partial charge in [0.2, 0.25) is 5.91 Å². The summed E-state index contributed by atoms with van der Waals surface area (Å²) in [5, 5.41) is 6.26. The van der Waals surface area contributed by atoms with Crippen molar-refractivity contribution in [3.05, 3.63) is 29.8 Å². The first-order chi connectivity index (χ1) is 12.6. The summed E-state index contributed by atoms with van der Waals surface area (Å²) in [5.74, 6) is 1.15. The lowest BCUT2D eigenvalue weighted by Gasteiger charge is -2.33. The molecule has 7 heteroatoms. The van der Waals surface area contributed by atoms with Gasteiger partial charge in [-0.25, -0.2) is 0 Å². The van der Waals surface area contributed by atoms with E-state index in [0.717, 1.165) is 50.1 Å². The molecule has 6 nitrogen and oxygen atoms in total. The number of nitrogens with one attached hydrogen (secondary N) is 2. The molecule has 1 aromatic rings. The predicted octanol–water partition coefficient (Wildman–Crippen LogP) is 1.90. The topological polar surface area (TPSA) is 70.7 Å². The summed E-state index contributed by atoms with van der Waals surface area (Å²) in [6.45, 7) is 5.08. The molecule has 0 spiro atoms. The Balaban J connectivity index is 0.00000261. The van der Waals surface area contributed by atoms with Crippen molar-refractivity contribution in [3.63, 3.8) is 0 Å². The molecular weight excluding hydrogens is 366 g/mol. The normalized spacial score (nSPS) is 22.0. The molecule has 150 valence electrons. The van der Waals surface area contributed by atoms with Gasteiger partial charge in [0.05, 0.1) is 6.04 Å². The number of carbonyl (C=O) groups excluding carboxylic acids is 2. The van der Waals surface area contributed by atoms with Crippen LogP contribution in [0.15, 0.2) is 24.3 Å². The molecule has 0 aliphatic carbocycles. The number of benzene rings is 1. The summed E-state index contributed by atoms with van der Waals surface area (Å²) in [4.78, 5) is 26.4. The fourth-order valence-electron chi connectivity index (χ4n) is 3.68. The van der Waals surface area contributed by atoms with E-state index >= 15 is 0 Å². The lowest BCUT2D eigenvalue weighted by atomic mass is 9.97. The molecule has 2 amide bonds. The van der Waals surface area contributed by atoms with Crippen LogP contribution in [0.25, 0.3) is 0 Å². The van der Waals surface area contributed by atoms with Crippen LogP contribution >= 0.6 is 12.4 Å². The minimum atomic E-state index is -0.0425. The molecule has 0 radical (unpaired) electrons. The number of rotatable bonds is 6.